The molecule has 124 valence electrons. The Bertz CT molecular complexity index is 734. The smallest absolute Gasteiger partial charge is 0.283 e. The number of benzene rings is 1. The number of ether oxygens (including phenoxy) is 1. The highest BCUT2D eigenvalue weighted by atomic mass is 16.5. The standard InChI is InChI=1S/C18H19N3O3/c1-2-15-11-18(23,14-7-6-10-19-12-14)21(20-15)17(22)13-24-16-8-4-3-5-9-16/h3-10,12,23H,2,11,13H2,1H3/t18-/m1/s1. The lowest BCUT2D eigenvalue weighted by atomic mass is 9.98. The van der Waals surface area contributed by atoms with Crippen molar-refractivity contribution in [1.82, 2.24) is 9.99 Å². The summed E-state index contributed by atoms with van der Waals surface area (Å²) in [5.74, 6) is 0.184. The molecular formula is C18H19N3O3. The lowest BCUT2D eigenvalue weighted by molar-refractivity contribution is -0.159. The second-order valence-corrected chi connectivity index (χ2v) is 5.56. The van der Waals surface area contributed by atoms with Crippen LogP contribution in [-0.4, -0.2) is 33.3 Å². The van der Waals surface area contributed by atoms with Crippen molar-refractivity contribution in [2.24, 2.45) is 5.10 Å². The van der Waals surface area contributed by atoms with Crippen molar-refractivity contribution in [3.8, 4) is 5.75 Å². The Labute approximate surface area is 140 Å². The molecule has 0 aliphatic carbocycles. The summed E-state index contributed by atoms with van der Waals surface area (Å²) in [6.07, 6.45) is 4.10. The van der Waals surface area contributed by atoms with Gasteiger partial charge in [-0.25, -0.2) is 0 Å². The van der Waals surface area contributed by atoms with Crippen LogP contribution >= 0.6 is 0 Å². The number of hydrogen-bond donors (Lipinski definition) is 1. The fraction of sp³-hybridized carbons (Fsp3) is 0.278. The van der Waals surface area contributed by atoms with E-state index in [-0.39, 0.29) is 13.0 Å². The van der Waals surface area contributed by atoms with Gasteiger partial charge >= 0.3 is 0 Å². The topological polar surface area (TPSA) is 75.0 Å². The molecule has 24 heavy (non-hydrogen) atoms. The molecule has 0 radical (unpaired) electrons. The van der Waals surface area contributed by atoms with Crippen molar-refractivity contribution >= 4 is 11.6 Å². The monoisotopic (exact) mass is 325 g/mol. The van der Waals surface area contributed by atoms with E-state index in [0.717, 1.165) is 10.7 Å². The predicted molar refractivity (Wildman–Crippen MR) is 89.3 cm³/mol. The second kappa shape index (κ2) is 6.80. The average Bonchev–Trinajstić information content (AvgIpc) is 2.99. The molecule has 0 saturated carbocycles. The number of carbonyl (C=O) groups is 1. The molecule has 1 amide bonds. The Morgan fingerprint density at radius 2 is 2.08 bits per heavy atom. The Balaban J connectivity index is 1.80. The van der Waals surface area contributed by atoms with E-state index in [1.54, 1.807) is 36.7 Å². The van der Waals surface area contributed by atoms with Crippen LogP contribution in [0.2, 0.25) is 0 Å². The maximum Gasteiger partial charge on any atom is 0.283 e. The largest absolute Gasteiger partial charge is 0.484 e. The number of aliphatic hydroxyl groups is 1. The molecule has 2 aromatic rings. The molecule has 1 aliphatic rings. The van der Waals surface area contributed by atoms with Gasteiger partial charge in [-0.2, -0.15) is 10.1 Å². The van der Waals surface area contributed by atoms with Gasteiger partial charge in [0.25, 0.3) is 5.91 Å². The third-order valence-electron chi connectivity index (χ3n) is 3.92. The SMILES string of the molecule is CCC1=NN(C(=O)COc2ccccc2)[C@](O)(c2cccnc2)C1. The molecule has 6 nitrogen and oxygen atoms in total. The molecule has 6 heteroatoms. The molecule has 1 aliphatic heterocycles. The van der Waals surface area contributed by atoms with Crippen LogP contribution in [0.15, 0.2) is 60.0 Å². The zero-order valence-corrected chi connectivity index (χ0v) is 13.4. The van der Waals surface area contributed by atoms with E-state index in [1.807, 2.05) is 25.1 Å². The Morgan fingerprint density at radius 3 is 2.75 bits per heavy atom. The first kappa shape index (κ1) is 16.1. The number of hydrazone groups is 1. The molecule has 1 atom stereocenters. The Kier molecular flexibility index (Phi) is 4.57. The number of hydrogen-bond acceptors (Lipinski definition) is 5. The quantitative estimate of drug-likeness (QED) is 0.915. The van der Waals surface area contributed by atoms with Gasteiger partial charge in [0, 0.05) is 30.1 Å². The van der Waals surface area contributed by atoms with Crippen LogP contribution < -0.4 is 4.74 Å². The summed E-state index contributed by atoms with van der Waals surface area (Å²) in [7, 11) is 0. The fourth-order valence-corrected chi connectivity index (χ4v) is 2.62. The number of nitrogens with zero attached hydrogens (tertiary/aromatic N) is 3. The summed E-state index contributed by atoms with van der Waals surface area (Å²) in [5, 5.41) is 16.5. The van der Waals surface area contributed by atoms with E-state index in [9.17, 15) is 9.90 Å². The summed E-state index contributed by atoms with van der Waals surface area (Å²) < 4.78 is 5.49. The first-order valence-corrected chi connectivity index (χ1v) is 7.83. The third-order valence-corrected chi connectivity index (χ3v) is 3.92. The summed E-state index contributed by atoms with van der Waals surface area (Å²) in [6, 6.07) is 12.5. The van der Waals surface area contributed by atoms with Gasteiger partial charge in [0.15, 0.2) is 12.3 Å². The molecular weight excluding hydrogens is 306 g/mol. The molecule has 1 N–H and O–H groups in total. The van der Waals surface area contributed by atoms with Gasteiger partial charge in [0.1, 0.15) is 5.75 Å². The molecule has 0 saturated heterocycles. The summed E-state index contributed by atoms with van der Waals surface area (Å²) in [6.45, 7) is 1.74. The highest BCUT2D eigenvalue weighted by molar-refractivity contribution is 5.91. The van der Waals surface area contributed by atoms with Gasteiger partial charge in [-0.15, -0.1) is 0 Å². The average molecular weight is 325 g/mol. The number of pyridine rings is 1. The lowest BCUT2D eigenvalue weighted by Gasteiger charge is -2.31. The number of carbonyl (C=O) groups excluding carboxylic acids is 1. The van der Waals surface area contributed by atoms with Crippen molar-refractivity contribution in [3.63, 3.8) is 0 Å². The van der Waals surface area contributed by atoms with Crippen LogP contribution in [0.4, 0.5) is 0 Å². The van der Waals surface area contributed by atoms with Crippen molar-refractivity contribution in [1.29, 1.82) is 0 Å². The number of amides is 1. The molecule has 0 spiro atoms. The van der Waals surface area contributed by atoms with E-state index < -0.39 is 11.6 Å². The summed E-state index contributed by atoms with van der Waals surface area (Å²) in [4.78, 5) is 16.6. The van der Waals surface area contributed by atoms with Crippen LogP contribution in [0.1, 0.15) is 25.3 Å². The maximum atomic E-state index is 12.6. The first-order chi connectivity index (χ1) is 11.6. The predicted octanol–water partition coefficient (Wildman–Crippen LogP) is 2.30. The number of para-hydroxylation sites is 1. The van der Waals surface area contributed by atoms with E-state index in [0.29, 0.717) is 17.7 Å². The van der Waals surface area contributed by atoms with Gasteiger partial charge in [0.2, 0.25) is 0 Å². The molecule has 3 rings (SSSR count). The normalized spacial score (nSPS) is 19.9. The van der Waals surface area contributed by atoms with Crippen LogP contribution in [-0.2, 0) is 10.5 Å². The number of aromatic nitrogens is 1. The Hall–Kier alpha value is -2.73. The molecule has 0 unspecified atom stereocenters. The van der Waals surface area contributed by atoms with Gasteiger partial charge in [-0.1, -0.05) is 31.2 Å². The van der Waals surface area contributed by atoms with Gasteiger partial charge < -0.3 is 9.84 Å². The van der Waals surface area contributed by atoms with Crippen LogP contribution in [0.25, 0.3) is 0 Å². The van der Waals surface area contributed by atoms with Crippen LogP contribution in [0, 0.1) is 0 Å². The van der Waals surface area contributed by atoms with Gasteiger partial charge in [0.05, 0.1) is 0 Å². The van der Waals surface area contributed by atoms with E-state index >= 15 is 0 Å². The van der Waals surface area contributed by atoms with Crippen molar-refractivity contribution < 1.29 is 14.6 Å². The summed E-state index contributed by atoms with van der Waals surface area (Å²) >= 11 is 0. The summed E-state index contributed by atoms with van der Waals surface area (Å²) in [5.41, 5.74) is -0.226. The first-order valence-electron chi connectivity index (χ1n) is 7.83. The highest BCUT2D eigenvalue weighted by Crippen LogP contribution is 2.35. The second-order valence-electron chi connectivity index (χ2n) is 5.56. The van der Waals surface area contributed by atoms with E-state index in [2.05, 4.69) is 10.1 Å². The zero-order chi connectivity index (χ0) is 17.0. The zero-order valence-electron chi connectivity index (χ0n) is 13.4. The Morgan fingerprint density at radius 1 is 1.29 bits per heavy atom. The highest BCUT2D eigenvalue weighted by Gasteiger charge is 2.45. The van der Waals surface area contributed by atoms with Crippen molar-refractivity contribution in [2.75, 3.05) is 6.61 Å². The molecule has 0 fully saturated rings. The number of rotatable bonds is 5. The van der Waals surface area contributed by atoms with E-state index in [4.69, 9.17) is 4.74 Å². The third kappa shape index (κ3) is 3.14. The van der Waals surface area contributed by atoms with E-state index in [1.165, 1.54) is 0 Å². The van der Waals surface area contributed by atoms with Crippen LogP contribution in [0.5, 0.6) is 5.75 Å². The molecule has 1 aromatic heterocycles. The fourth-order valence-electron chi connectivity index (χ4n) is 2.62. The minimum absolute atomic E-state index is 0.201. The van der Waals surface area contributed by atoms with Gasteiger partial charge in [-0.3, -0.25) is 9.78 Å². The molecule has 1 aromatic carbocycles. The lowest BCUT2D eigenvalue weighted by Crippen LogP contribution is -2.45. The van der Waals surface area contributed by atoms with Crippen LogP contribution in [0.3, 0.4) is 0 Å². The maximum absolute atomic E-state index is 12.6. The molecule has 2 heterocycles. The minimum atomic E-state index is -1.52. The molecule has 0 bridgehead atoms. The van der Waals surface area contributed by atoms with Crippen molar-refractivity contribution in [2.45, 2.75) is 25.5 Å². The van der Waals surface area contributed by atoms with Crippen molar-refractivity contribution in [3.05, 3.63) is 60.4 Å². The van der Waals surface area contributed by atoms with Gasteiger partial charge in [-0.05, 0) is 24.6 Å². The minimum Gasteiger partial charge on any atom is -0.484 e.